The molecular formula is C17H15F5O4. The first kappa shape index (κ1) is 19.9. The molecular weight excluding hydrogens is 363 g/mol. The van der Waals surface area contributed by atoms with Crippen LogP contribution in [0.2, 0.25) is 0 Å². The lowest BCUT2D eigenvalue weighted by Crippen LogP contribution is -2.26. The molecule has 0 spiro atoms. The quantitative estimate of drug-likeness (QED) is 0.339. The highest BCUT2D eigenvalue weighted by Crippen LogP contribution is 2.60. The number of halogens is 5. The summed E-state index contributed by atoms with van der Waals surface area (Å²) in [6, 6.07) is 0.603. The topological polar surface area (TPSA) is 52.6 Å². The Morgan fingerprint density at radius 3 is 2.35 bits per heavy atom. The Balaban J connectivity index is 2.18. The van der Waals surface area contributed by atoms with Crippen LogP contribution < -0.4 is 0 Å². The van der Waals surface area contributed by atoms with Crippen molar-refractivity contribution in [2.45, 2.75) is 20.0 Å². The fraction of sp³-hybridized carbons (Fsp3) is 0.412. The second-order valence-electron chi connectivity index (χ2n) is 6.37. The van der Waals surface area contributed by atoms with Crippen LogP contribution in [-0.2, 0) is 25.2 Å². The standard InChI is InChI=1S/C17H15F5O4/c1-16(2)8(5-7-11(23)25-3)12(16)15(24)26-17(21,22)9-4-6-10(18)14(20)13(9)19/h4-8,12H,1-3H3/t8-,12-/m0/s1. The molecule has 1 aromatic carbocycles. The maximum absolute atomic E-state index is 14.1. The molecule has 0 aromatic heterocycles. The lowest BCUT2D eigenvalue weighted by atomic mass is 10.1. The van der Waals surface area contributed by atoms with Crippen LogP contribution in [0.1, 0.15) is 19.4 Å². The minimum atomic E-state index is -4.50. The van der Waals surface area contributed by atoms with E-state index in [1.807, 2.05) is 0 Å². The van der Waals surface area contributed by atoms with Crippen molar-refractivity contribution in [2.24, 2.45) is 17.3 Å². The Morgan fingerprint density at radius 1 is 1.15 bits per heavy atom. The van der Waals surface area contributed by atoms with Gasteiger partial charge in [-0.15, -0.1) is 0 Å². The molecule has 0 amide bonds. The summed E-state index contributed by atoms with van der Waals surface area (Å²) in [6.07, 6.45) is -2.12. The first-order chi connectivity index (χ1) is 11.9. The predicted molar refractivity (Wildman–Crippen MR) is 78.2 cm³/mol. The SMILES string of the molecule is COC(=O)C=C[C@H]1[C@@H](C(=O)OC(F)(F)c2ccc(F)c(F)c2F)C1(C)C. The van der Waals surface area contributed by atoms with E-state index in [9.17, 15) is 31.5 Å². The molecule has 0 radical (unpaired) electrons. The van der Waals surface area contributed by atoms with Gasteiger partial charge in [0.25, 0.3) is 0 Å². The minimum Gasteiger partial charge on any atom is -0.466 e. The van der Waals surface area contributed by atoms with Crippen LogP contribution in [0.3, 0.4) is 0 Å². The summed E-state index contributed by atoms with van der Waals surface area (Å²) in [5.74, 6) is -9.53. The van der Waals surface area contributed by atoms with E-state index in [2.05, 4.69) is 9.47 Å². The molecule has 0 N–H and O–H groups in total. The monoisotopic (exact) mass is 378 g/mol. The number of hydrogen-bond donors (Lipinski definition) is 0. The van der Waals surface area contributed by atoms with Crippen molar-refractivity contribution in [3.05, 3.63) is 47.3 Å². The number of rotatable bonds is 5. The molecule has 0 saturated heterocycles. The number of allylic oxidation sites excluding steroid dienone is 1. The predicted octanol–water partition coefficient (Wildman–Crippen LogP) is 3.70. The van der Waals surface area contributed by atoms with Crippen LogP contribution in [0.15, 0.2) is 24.3 Å². The lowest BCUT2D eigenvalue weighted by Gasteiger charge is -2.18. The third kappa shape index (κ3) is 3.56. The van der Waals surface area contributed by atoms with E-state index in [0.29, 0.717) is 12.1 Å². The molecule has 1 saturated carbocycles. The Bertz CT molecular complexity index is 773. The van der Waals surface area contributed by atoms with Gasteiger partial charge in [0.05, 0.1) is 13.0 Å². The van der Waals surface area contributed by atoms with Crippen molar-refractivity contribution < 1.29 is 41.0 Å². The number of alkyl halides is 2. The van der Waals surface area contributed by atoms with Crippen molar-refractivity contribution in [2.75, 3.05) is 7.11 Å². The second kappa shape index (κ2) is 6.69. The van der Waals surface area contributed by atoms with Crippen molar-refractivity contribution in [1.82, 2.24) is 0 Å². The van der Waals surface area contributed by atoms with Gasteiger partial charge < -0.3 is 9.47 Å². The Hall–Kier alpha value is -2.45. The molecule has 2 rings (SSSR count). The van der Waals surface area contributed by atoms with Crippen molar-refractivity contribution >= 4 is 11.9 Å². The van der Waals surface area contributed by atoms with Crippen LogP contribution in [0, 0.1) is 34.7 Å². The molecule has 2 atom stereocenters. The van der Waals surface area contributed by atoms with Crippen molar-refractivity contribution in [3.63, 3.8) is 0 Å². The summed E-state index contributed by atoms with van der Waals surface area (Å²) in [6.45, 7) is 3.17. The zero-order chi connectivity index (χ0) is 19.9. The smallest absolute Gasteiger partial charge is 0.431 e. The van der Waals surface area contributed by atoms with Gasteiger partial charge >= 0.3 is 18.0 Å². The molecule has 142 valence electrons. The number of carbonyl (C=O) groups is 2. The molecule has 1 aromatic rings. The first-order valence-corrected chi connectivity index (χ1v) is 7.44. The number of esters is 2. The molecule has 26 heavy (non-hydrogen) atoms. The normalized spacial score (nSPS) is 21.5. The highest BCUT2D eigenvalue weighted by atomic mass is 19.3. The molecule has 1 aliphatic rings. The maximum atomic E-state index is 14.1. The van der Waals surface area contributed by atoms with Crippen LogP contribution in [0.4, 0.5) is 22.0 Å². The van der Waals surface area contributed by atoms with Crippen LogP contribution in [-0.4, -0.2) is 19.0 Å². The van der Waals surface area contributed by atoms with Gasteiger partial charge in [-0.25, -0.2) is 18.0 Å². The molecule has 9 heteroatoms. The van der Waals surface area contributed by atoms with E-state index in [4.69, 9.17) is 0 Å². The molecule has 1 aliphatic carbocycles. The van der Waals surface area contributed by atoms with Gasteiger partial charge in [0.15, 0.2) is 17.5 Å². The van der Waals surface area contributed by atoms with E-state index in [1.54, 1.807) is 13.8 Å². The zero-order valence-corrected chi connectivity index (χ0v) is 14.0. The Labute approximate surface area is 145 Å². The van der Waals surface area contributed by atoms with E-state index < -0.39 is 58.3 Å². The maximum Gasteiger partial charge on any atom is 0.431 e. The molecule has 0 heterocycles. The third-order valence-electron chi connectivity index (χ3n) is 4.38. The van der Waals surface area contributed by atoms with Crippen molar-refractivity contribution in [3.8, 4) is 0 Å². The van der Waals surface area contributed by atoms with E-state index >= 15 is 0 Å². The van der Waals surface area contributed by atoms with E-state index in [0.717, 1.165) is 13.2 Å². The fourth-order valence-electron chi connectivity index (χ4n) is 2.73. The van der Waals surface area contributed by atoms with Gasteiger partial charge in [-0.1, -0.05) is 19.9 Å². The summed E-state index contributed by atoms with van der Waals surface area (Å²) in [7, 11) is 1.15. The van der Waals surface area contributed by atoms with Gasteiger partial charge in [0.2, 0.25) is 0 Å². The van der Waals surface area contributed by atoms with E-state index in [-0.39, 0.29) is 0 Å². The highest BCUT2D eigenvalue weighted by Gasteiger charge is 2.62. The van der Waals surface area contributed by atoms with Gasteiger partial charge in [0, 0.05) is 6.08 Å². The molecule has 0 unspecified atom stereocenters. The Kier molecular flexibility index (Phi) is 5.12. The second-order valence-corrected chi connectivity index (χ2v) is 6.37. The number of ether oxygens (including phenoxy) is 2. The average Bonchev–Trinajstić information content (AvgIpc) is 3.10. The summed E-state index contributed by atoms with van der Waals surface area (Å²) < 4.78 is 76.1. The molecule has 1 fully saturated rings. The van der Waals surface area contributed by atoms with Crippen LogP contribution >= 0.6 is 0 Å². The largest absolute Gasteiger partial charge is 0.466 e. The van der Waals surface area contributed by atoms with E-state index in [1.165, 1.54) is 6.08 Å². The summed E-state index contributed by atoms with van der Waals surface area (Å²) >= 11 is 0. The summed E-state index contributed by atoms with van der Waals surface area (Å²) in [5.41, 5.74) is -2.38. The van der Waals surface area contributed by atoms with Crippen LogP contribution in [0.5, 0.6) is 0 Å². The molecule has 0 bridgehead atoms. The van der Waals surface area contributed by atoms with Crippen molar-refractivity contribution in [1.29, 1.82) is 0 Å². The Morgan fingerprint density at radius 2 is 1.77 bits per heavy atom. The number of methoxy groups -OCH3 is 1. The first-order valence-electron chi connectivity index (χ1n) is 7.44. The fourth-order valence-corrected chi connectivity index (χ4v) is 2.73. The number of hydrogen-bond acceptors (Lipinski definition) is 4. The molecule has 4 nitrogen and oxygen atoms in total. The van der Waals surface area contributed by atoms with Gasteiger partial charge in [-0.05, 0) is 23.5 Å². The number of carbonyl (C=O) groups excluding carboxylic acids is 2. The van der Waals surface area contributed by atoms with Gasteiger partial charge in [0.1, 0.15) is 5.56 Å². The van der Waals surface area contributed by atoms with Gasteiger partial charge in [-0.2, -0.15) is 8.78 Å². The summed E-state index contributed by atoms with van der Waals surface area (Å²) in [5, 5.41) is 0. The van der Waals surface area contributed by atoms with Gasteiger partial charge in [-0.3, -0.25) is 4.79 Å². The molecule has 0 aliphatic heterocycles. The average molecular weight is 378 g/mol. The third-order valence-corrected chi connectivity index (χ3v) is 4.38. The number of benzene rings is 1. The lowest BCUT2D eigenvalue weighted by molar-refractivity contribution is -0.243. The minimum absolute atomic E-state index is 0.299. The highest BCUT2D eigenvalue weighted by molar-refractivity contribution is 5.83. The summed E-state index contributed by atoms with van der Waals surface area (Å²) in [4.78, 5) is 23.1. The van der Waals surface area contributed by atoms with Crippen LogP contribution in [0.25, 0.3) is 0 Å². The zero-order valence-electron chi connectivity index (χ0n) is 14.0.